The lowest BCUT2D eigenvalue weighted by Crippen LogP contribution is -2.43. The van der Waals surface area contributed by atoms with Gasteiger partial charge in [0.25, 0.3) is 0 Å². The summed E-state index contributed by atoms with van der Waals surface area (Å²) in [7, 11) is 0. The van der Waals surface area contributed by atoms with Crippen LogP contribution >= 0.6 is 0 Å². The summed E-state index contributed by atoms with van der Waals surface area (Å²) in [4.78, 5) is 24.4. The summed E-state index contributed by atoms with van der Waals surface area (Å²) in [5.41, 5.74) is 0. The van der Waals surface area contributed by atoms with Gasteiger partial charge in [-0.15, -0.1) is 0 Å². The number of carbonyl (C=O) groups is 2. The zero-order valence-electron chi connectivity index (χ0n) is 9.07. The van der Waals surface area contributed by atoms with Gasteiger partial charge in [-0.1, -0.05) is 0 Å². The quantitative estimate of drug-likeness (QED) is 0.606. The van der Waals surface area contributed by atoms with E-state index in [1.165, 1.54) is 0 Å². The molecule has 1 aliphatic rings. The molecule has 1 fully saturated rings. The van der Waals surface area contributed by atoms with Gasteiger partial charge in [-0.25, -0.2) is 5.32 Å². The van der Waals surface area contributed by atoms with Crippen molar-refractivity contribution in [1.82, 2.24) is 10.2 Å². The highest BCUT2D eigenvalue weighted by molar-refractivity contribution is 5.81. The fourth-order valence-corrected chi connectivity index (χ4v) is 1.46. The third kappa shape index (κ3) is 4.29. The molecule has 0 atom stereocenters. The van der Waals surface area contributed by atoms with Gasteiger partial charge >= 0.3 is 5.97 Å². The Kier molecular flexibility index (Phi) is 5.10. The monoisotopic (exact) mass is 213 g/mol. The number of ether oxygens (including phenoxy) is 1. The SMILES string of the molecule is CCOC(=O)CCC(=O)N1CC[N]CC1. The first-order valence-corrected chi connectivity index (χ1v) is 5.30. The molecular weight excluding hydrogens is 196 g/mol. The molecule has 5 heteroatoms. The van der Waals surface area contributed by atoms with E-state index in [4.69, 9.17) is 4.74 Å². The predicted molar refractivity (Wildman–Crippen MR) is 54.3 cm³/mol. The van der Waals surface area contributed by atoms with Crippen molar-refractivity contribution in [2.75, 3.05) is 32.8 Å². The predicted octanol–water partition coefficient (Wildman–Crippen LogP) is -0.224. The van der Waals surface area contributed by atoms with Crippen LogP contribution in [-0.2, 0) is 14.3 Å². The summed E-state index contributed by atoms with van der Waals surface area (Å²) in [5.74, 6) is -0.273. The minimum atomic E-state index is -0.299. The number of hydrogen-bond acceptors (Lipinski definition) is 3. The van der Waals surface area contributed by atoms with Crippen LogP contribution < -0.4 is 5.32 Å². The van der Waals surface area contributed by atoms with Gasteiger partial charge in [0.15, 0.2) is 0 Å². The van der Waals surface area contributed by atoms with Crippen LogP contribution in [0.3, 0.4) is 0 Å². The molecule has 0 unspecified atom stereocenters. The van der Waals surface area contributed by atoms with Gasteiger partial charge in [0.1, 0.15) is 0 Å². The van der Waals surface area contributed by atoms with E-state index in [1.54, 1.807) is 11.8 Å². The van der Waals surface area contributed by atoms with Gasteiger partial charge in [-0.05, 0) is 6.92 Å². The van der Waals surface area contributed by atoms with Gasteiger partial charge in [0, 0.05) is 32.6 Å². The Morgan fingerprint density at radius 1 is 1.27 bits per heavy atom. The van der Waals surface area contributed by atoms with Crippen molar-refractivity contribution < 1.29 is 14.3 Å². The van der Waals surface area contributed by atoms with E-state index in [-0.39, 0.29) is 24.7 Å². The zero-order valence-corrected chi connectivity index (χ0v) is 9.07. The fraction of sp³-hybridized carbons (Fsp3) is 0.800. The number of hydrogen-bond donors (Lipinski definition) is 0. The molecule has 5 nitrogen and oxygen atoms in total. The Morgan fingerprint density at radius 2 is 1.93 bits per heavy atom. The number of piperazine rings is 1. The molecule has 0 N–H and O–H groups in total. The summed E-state index contributed by atoms with van der Waals surface area (Å²) in [6, 6.07) is 0. The van der Waals surface area contributed by atoms with Crippen molar-refractivity contribution >= 4 is 11.9 Å². The van der Waals surface area contributed by atoms with Crippen LogP contribution in [0, 0.1) is 0 Å². The lowest BCUT2D eigenvalue weighted by molar-refractivity contribution is -0.145. The Labute approximate surface area is 89.8 Å². The first-order valence-electron chi connectivity index (χ1n) is 5.30. The first kappa shape index (κ1) is 12.0. The first-order chi connectivity index (χ1) is 7.24. The molecule has 0 bridgehead atoms. The largest absolute Gasteiger partial charge is 0.466 e. The molecule has 0 aromatic heterocycles. The fourth-order valence-electron chi connectivity index (χ4n) is 1.46. The maximum atomic E-state index is 11.6. The van der Waals surface area contributed by atoms with Crippen molar-refractivity contribution in [2.45, 2.75) is 19.8 Å². The molecule has 1 aliphatic heterocycles. The van der Waals surface area contributed by atoms with Gasteiger partial charge in [0.05, 0.1) is 13.0 Å². The Balaban J connectivity index is 2.19. The van der Waals surface area contributed by atoms with Crippen molar-refractivity contribution in [3.8, 4) is 0 Å². The van der Waals surface area contributed by atoms with Crippen molar-refractivity contribution in [3.05, 3.63) is 0 Å². The van der Waals surface area contributed by atoms with E-state index in [0.29, 0.717) is 32.8 Å². The molecule has 0 saturated carbocycles. The Bertz CT molecular complexity index is 225. The second-order valence-corrected chi connectivity index (χ2v) is 3.36. The lowest BCUT2D eigenvalue weighted by atomic mass is 10.2. The van der Waals surface area contributed by atoms with Crippen LogP contribution in [0.5, 0.6) is 0 Å². The molecular formula is C10H17N2O3. The van der Waals surface area contributed by atoms with Crippen LogP contribution in [0.1, 0.15) is 19.8 Å². The van der Waals surface area contributed by atoms with E-state index in [2.05, 4.69) is 5.32 Å². The summed E-state index contributed by atoms with van der Waals surface area (Å²) in [5, 5.41) is 4.15. The van der Waals surface area contributed by atoms with Gasteiger partial charge in [0.2, 0.25) is 5.91 Å². The summed E-state index contributed by atoms with van der Waals surface area (Å²) in [6.45, 7) is 4.92. The lowest BCUT2D eigenvalue weighted by Gasteiger charge is -2.26. The van der Waals surface area contributed by atoms with Crippen LogP contribution in [0.2, 0.25) is 0 Å². The molecule has 0 aromatic carbocycles. The van der Waals surface area contributed by atoms with Crippen LogP contribution in [0.25, 0.3) is 0 Å². The van der Waals surface area contributed by atoms with Gasteiger partial charge in [-0.3, -0.25) is 9.59 Å². The van der Waals surface area contributed by atoms with E-state index >= 15 is 0 Å². The average Bonchev–Trinajstić information content (AvgIpc) is 2.27. The van der Waals surface area contributed by atoms with Crippen molar-refractivity contribution in [2.24, 2.45) is 0 Å². The zero-order chi connectivity index (χ0) is 11.1. The second-order valence-electron chi connectivity index (χ2n) is 3.36. The smallest absolute Gasteiger partial charge is 0.306 e. The van der Waals surface area contributed by atoms with E-state index in [9.17, 15) is 9.59 Å². The van der Waals surface area contributed by atoms with E-state index in [1.807, 2.05) is 0 Å². The van der Waals surface area contributed by atoms with Gasteiger partial charge < -0.3 is 9.64 Å². The minimum absolute atomic E-state index is 0.0259. The topological polar surface area (TPSA) is 60.7 Å². The number of carbonyl (C=O) groups excluding carboxylic acids is 2. The maximum absolute atomic E-state index is 11.6. The van der Waals surface area contributed by atoms with Crippen LogP contribution in [-0.4, -0.2) is 49.6 Å². The van der Waals surface area contributed by atoms with Crippen molar-refractivity contribution in [1.29, 1.82) is 0 Å². The Hall–Kier alpha value is -1.10. The van der Waals surface area contributed by atoms with Crippen molar-refractivity contribution in [3.63, 3.8) is 0 Å². The third-order valence-corrected chi connectivity index (χ3v) is 2.26. The molecule has 1 radical (unpaired) electrons. The highest BCUT2D eigenvalue weighted by Gasteiger charge is 2.17. The maximum Gasteiger partial charge on any atom is 0.306 e. The molecule has 0 aliphatic carbocycles. The second kappa shape index (κ2) is 6.40. The highest BCUT2D eigenvalue weighted by Crippen LogP contribution is 2.01. The minimum Gasteiger partial charge on any atom is -0.466 e. The van der Waals surface area contributed by atoms with E-state index in [0.717, 1.165) is 0 Å². The third-order valence-electron chi connectivity index (χ3n) is 2.26. The molecule has 1 amide bonds. The average molecular weight is 213 g/mol. The Morgan fingerprint density at radius 3 is 2.53 bits per heavy atom. The summed E-state index contributed by atoms with van der Waals surface area (Å²) >= 11 is 0. The normalized spacial score (nSPS) is 16.2. The standard InChI is InChI=1S/C10H17N2O3/c1-2-15-10(14)4-3-9(13)12-7-5-11-6-8-12/h2-8H2,1H3. The molecule has 1 rings (SSSR count). The number of rotatable bonds is 4. The van der Waals surface area contributed by atoms with Crippen LogP contribution in [0.15, 0.2) is 0 Å². The molecule has 85 valence electrons. The van der Waals surface area contributed by atoms with E-state index < -0.39 is 0 Å². The van der Waals surface area contributed by atoms with Crippen LogP contribution in [0.4, 0.5) is 0 Å². The molecule has 1 heterocycles. The number of nitrogens with zero attached hydrogens (tertiary/aromatic N) is 2. The number of amides is 1. The molecule has 15 heavy (non-hydrogen) atoms. The molecule has 0 spiro atoms. The summed E-state index contributed by atoms with van der Waals surface area (Å²) < 4.78 is 4.75. The molecule has 1 saturated heterocycles. The number of esters is 1. The molecule has 0 aromatic rings. The van der Waals surface area contributed by atoms with Gasteiger partial charge in [-0.2, -0.15) is 0 Å². The highest BCUT2D eigenvalue weighted by atomic mass is 16.5. The summed E-state index contributed by atoms with van der Waals surface area (Å²) in [6.07, 6.45) is 0.430.